The number of nitrogens with one attached hydrogen (secondary N) is 3. The number of rotatable bonds is 3. The van der Waals surface area contributed by atoms with E-state index in [1.54, 1.807) is 12.1 Å². The Morgan fingerprint density at radius 3 is 2.84 bits per heavy atom. The first-order chi connectivity index (χ1) is 14.9. The van der Waals surface area contributed by atoms with Crippen LogP contribution in [0.5, 0.6) is 0 Å². The lowest BCUT2D eigenvalue weighted by Gasteiger charge is -2.48. The maximum Gasteiger partial charge on any atom is 0.237 e. The van der Waals surface area contributed by atoms with Crippen LogP contribution in [0.1, 0.15) is 38.2 Å². The Balaban J connectivity index is 1.38. The van der Waals surface area contributed by atoms with E-state index in [0.29, 0.717) is 23.9 Å². The third kappa shape index (κ3) is 4.18. The molecule has 0 spiro atoms. The summed E-state index contributed by atoms with van der Waals surface area (Å²) in [5.74, 6) is 0.595. The van der Waals surface area contributed by atoms with Crippen LogP contribution < -0.4 is 16.0 Å². The summed E-state index contributed by atoms with van der Waals surface area (Å²) in [6.07, 6.45) is 5.96. The van der Waals surface area contributed by atoms with Gasteiger partial charge in [0.1, 0.15) is 0 Å². The standard InChI is InChI=1S/C23H32N4O3S/c1-15-6-7-18-17(12-15)20(26-23(28)19-8-9-24-19)13-22(25-18)27-10-11-31(29,30)21-5-3-2-4-16(21)14-27/h2-6,17-20,22,24-25H,7-14H2,1H3,(H,26,28)/t17-,18+,19?,20+,22?/m1/s1. The van der Waals surface area contributed by atoms with Gasteiger partial charge in [-0.05, 0) is 56.7 Å². The van der Waals surface area contributed by atoms with Crippen molar-refractivity contribution >= 4 is 15.7 Å². The molecule has 2 unspecified atom stereocenters. The summed E-state index contributed by atoms with van der Waals surface area (Å²) in [6.45, 7) is 4.17. The first kappa shape index (κ1) is 21.1. The van der Waals surface area contributed by atoms with E-state index in [2.05, 4.69) is 33.9 Å². The number of carbonyl (C=O) groups excluding carboxylic acids is 1. The minimum atomic E-state index is -3.28. The predicted octanol–water partition coefficient (Wildman–Crippen LogP) is 1.17. The molecule has 8 heteroatoms. The number of piperidine rings is 1. The van der Waals surface area contributed by atoms with Crippen LogP contribution in [0.25, 0.3) is 0 Å². The summed E-state index contributed by atoms with van der Waals surface area (Å²) < 4.78 is 25.6. The molecule has 1 aliphatic carbocycles. The molecular weight excluding hydrogens is 412 g/mol. The van der Waals surface area contributed by atoms with Crippen LogP contribution in [0.15, 0.2) is 40.8 Å². The number of hydrogen-bond donors (Lipinski definition) is 3. The van der Waals surface area contributed by atoms with E-state index in [9.17, 15) is 13.2 Å². The average Bonchev–Trinajstić information content (AvgIpc) is 2.83. The number of sulfone groups is 1. The molecule has 5 atom stereocenters. The van der Waals surface area contributed by atoms with Crippen molar-refractivity contribution in [3.63, 3.8) is 0 Å². The van der Waals surface area contributed by atoms with Gasteiger partial charge in [0, 0.05) is 25.2 Å². The smallest absolute Gasteiger partial charge is 0.237 e. The molecule has 0 bridgehead atoms. The molecule has 3 heterocycles. The molecular formula is C23H32N4O3S. The van der Waals surface area contributed by atoms with Gasteiger partial charge in [0.05, 0.1) is 22.9 Å². The maximum absolute atomic E-state index is 12.8. The average molecular weight is 445 g/mol. The quantitative estimate of drug-likeness (QED) is 0.607. The molecule has 4 aliphatic rings. The zero-order valence-electron chi connectivity index (χ0n) is 18.0. The van der Waals surface area contributed by atoms with Gasteiger partial charge in [-0.1, -0.05) is 29.8 Å². The molecule has 1 aromatic rings. The molecule has 3 aliphatic heterocycles. The van der Waals surface area contributed by atoms with Gasteiger partial charge in [0.25, 0.3) is 0 Å². The van der Waals surface area contributed by atoms with Crippen molar-refractivity contribution in [1.29, 1.82) is 0 Å². The number of amides is 1. The topological polar surface area (TPSA) is 90.5 Å². The van der Waals surface area contributed by atoms with Crippen LogP contribution in [0.4, 0.5) is 0 Å². The predicted molar refractivity (Wildman–Crippen MR) is 119 cm³/mol. The lowest BCUT2D eigenvalue weighted by atomic mass is 9.75. The van der Waals surface area contributed by atoms with Crippen molar-refractivity contribution < 1.29 is 13.2 Å². The highest BCUT2D eigenvalue weighted by molar-refractivity contribution is 7.91. The van der Waals surface area contributed by atoms with E-state index in [1.165, 1.54) is 5.57 Å². The summed E-state index contributed by atoms with van der Waals surface area (Å²) in [5, 5.41) is 10.4. The molecule has 1 aromatic carbocycles. The second kappa shape index (κ2) is 8.31. The molecule has 1 amide bonds. The fourth-order valence-electron chi connectivity index (χ4n) is 5.51. The van der Waals surface area contributed by atoms with E-state index in [-0.39, 0.29) is 36.0 Å². The molecule has 2 fully saturated rings. The van der Waals surface area contributed by atoms with Gasteiger partial charge in [-0.2, -0.15) is 0 Å². The third-order valence-electron chi connectivity index (χ3n) is 7.43. The summed E-state index contributed by atoms with van der Waals surface area (Å²) in [6, 6.07) is 7.66. The first-order valence-electron chi connectivity index (χ1n) is 11.4. The molecule has 31 heavy (non-hydrogen) atoms. The number of nitrogens with zero attached hydrogens (tertiary/aromatic N) is 1. The second-order valence-corrected chi connectivity index (χ2v) is 11.6. The lowest BCUT2D eigenvalue weighted by molar-refractivity contribution is -0.126. The van der Waals surface area contributed by atoms with Crippen LogP contribution in [0, 0.1) is 5.92 Å². The van der Waals surface area contributed by atoms with Crippen molar-refractivity contribution in [3.05, 3.63) is 41.5 Å². The highest BCUT2D eigenvalue weighted by Gasteiger charge is 2.42. The summed E-state index contributed by atoms with van der Waals surface area (Å²) in [5.41, 5.74) is 2.25. The Hall–Kier alpha value is -1.74. The Bertz CT molecular complexity index is 988. The third-order valence-corrected chi connectivity index (χ3v) is 9.22. The minimum absolute atomic E-state index is 0.0362. The van der Waals surface area contributed by atoms with Gasteiger partial charge in [-0.15, -0.1) is 0 Å². The van der Waals surface area contributed by atoms with Crippen LogP contribution in [-0.4, -0.2) is 62.4 Å². The zero-order chi connectivity index (χ0) is 21.6. The summed E-state index contributed by atoms with van der Waals surface area (Å²) in [7, 11) is -3.28. The summed E-state index contributed by atoms with van der Waals surface area (Å²) in [4.78, 5) is 15.5. The van der Waals surface area contributed by atoms with E-state index in [0.717, 1.165) is 37.8 Å². The van der Waals surface area contributed by atoms with Crippen LogP contribution in [-0.2, 0) is 21.2 Å². The zero-order valence-corrected chi connectivity index (χ0v) is 18.8. The van der Waals surface area contributed by atoms with Gasteiger partial charge in [0.15, 0.2) is 9.84 Å². The van der Waals surface area contributed by atoms with Crippen molar-refractivity contribution in [2.75, 3.05) is 18.8 Å². The molecule has 5 rings (SSSR count). The fourth-order valence-corrected chi connectivity index (χ4v) is 7.02. The Morgan fingerprint density at radius 2 is 2.06 bits per heavy atom. The fraction of sp³-hybridized carbons (Fsp3) is 0.609. The normalized spacial score (nSPS) is 35.0. The number of fused-ring (bicyclic) bond motifs is 2. The minimum Gasteiger partial charge on any atom is -0.352 e. The van der Waals surface area contributed by atoms with Crippen LogP contribution in [0.2, 0.25) is 0 Å². The number of allylic oxidation sites excluding steroid dienone is 1. The molecule has 7 nitrogen and oxygen atoms in total. The van der Waals surface area contributed by atoms with Crippen molar-refractivity contribution in [2.45, 2.75) is 68.3 Å². The molecule has 0 radical (unpaired) electrons. The van der Waals surface area contributed by atoms with Gasteiger partial charge in [0.2, 0.25) is 5.91 Å². The van der Waals surface area contributed by atoms with E-state index >= 15 is 0 Å². The molecule has 168 valence electrons. The SMILES string of the molecule is CC1=CC[C@@H]2NC(N3CCS(=O)(=O)c4ccccc4C3)C[C@H](NC(=O)C3CCN3)[C@@H]2C1. The number of carbonyl (C=O) groups is 1. The summed E-state index contributed by atoms with van der Waals surface area (Å²) >= 11 is 0. The highest BCUT2D eigenvalue weighted by atomic mass is 32.2. The van der Waals surface area contributed by atoms with E-state index in [4.69, 9.17) is 0 Å². The van der Waals surface area contributed by atoms with Gasteiger partial charge in [-0.3, -0.25) is 15.0 Å². The molecule has 0 aromatic heterocycles. The Labute approximate surface area is 184 Å². The molecule has 3 N–H and O–H groups in total. The Kier molecular flexibility index (Phi) is 5.66. The van der Waals surface area contributed by atoms with Crippen molar-refractivity contribution in [1.82, 2.24) is 20.9 Å². The first-order valence-corrected chi connectivity index (χ1v) is 13.1. The van der Waals surface area contributed by atoms with E-state index in [1.807, 2.05) is 12.1 Å². The highest BCUT2D eigenvalue weighted by Crippen LogP contribution is 2.35. The van der Waals surface area contributed by atoms with E-state index < -0.39 is 9.84 Å². The molecule has 0 saturated carbocycles. The maximum atomic E-state index is 12.8. The van der Waals surface area contributed by atoms with Gasteiger partial charge >= 0.3 is 0 Å². The van der Waals surface area contributed by atoms with Gasteiger partial charge < -0.3 is 10.6 Å². The van der Waals surface area contributed by atoms with Crippen molar-refractivity contribution in [3.8, 4) is 0 Å². The van der Waals surface area contributed by atoms with Crippen LogP contribution in [0.3, 0.4) is 0 Å². The second-order valence-electron chi connectivity index (χ2n) is 9.49. The van der Waals surface area contributed by atoms with Crippen molar-refractivity contribution in [2.24, 2.45) is 5.92 Å². The largest absolute Gasteiger partial charge is 0.352 e. The number of hydrogen-bond acceptors (Lipinski definition) is 6. The molecule has 2 saturated heterocycles. The van der Waals surface area contributed by atoms with Crippen LogP contribution >= 0.6 is 0 Å². The van der Waals surface area contributed by atoms with Gasteiger partial charge in [-0.25, -0.2) is 8.42 Å². The number of benzene rings is 1. The lowest BCUT2D eigenvalue weighted by Crippen LogP contribution is -2.65. The monoisotopic (exact) mass is 444 g/mol. The Morgan fingerprint density at radius 1 is 1.26 bits per heavy atom.